The van der Waals surface area contributed by atoms with Crippen molar-refractivity contribution in [3.05, 3.63) is 12.3 Å². The maximum Gasteiger partial charge on any atom is 0.331 e. The normalized spacial score (nSPS) is 26.7. The average Bonchev–Trinajstić information content (AvgIpc) is 2.65. The van der Waals surface area contributed by atoms with E-state index in [0.29, 0.717) is 6.04 Å². The molecule has 0 radical (unpaired) electrons. The van der Waals surface area contributed by atoms with Gasteiger partial charge in [0.05, 0.1) is 19.3 Å². The number of hydrogen-bond acceptors (Lipinski definition) is 4. The molecule has 1 N–H and O–H groups in total. The second kappa shape index (κ2) is 5.65. The number of rotatable bonds is 4. The van der Waals surface area contributed by atoms with Crippen LogP contribution >= 0.6 is 0 Å². The van der Waals surface area contributed by atoms with Crippen molar-refractivity contribution < 1.29 is 14.3 Å². The standard InChI is InChI=1S/C10H17NO3/c1-13-9-5-3-4-8(9)11-7-6-10(12)14-2/h6-9,11H,3-5H2,1-2H3/b7-6+. The number of ether oxygens (including phenoxy) is 2. The van der Waals surface area contributed by atoms with Gasteiger partial charge in [-0.25, -0.2) is 4.79 Å². The zero-order chi connectivity index (χ0) is 10.4. The highest BCUT2D eigenvalue weighted by Gasteiger charge is 2.25. The van der Waals surface area contributed by atoms with Crippen molar-refractivity contribution in [3.63, 3.8) is 0 Å². The van der Waals surface area contributed by atoms with Gasteiger partial charge in [0, 0.05) is 19.4 Å². The summed E-state index contributed by atoms with van der Waals surface area (Å²) in [6, 6.07) is 0.320. The van der Waals surface area contributed by atoms with Gasteiger partial charge in [0.15, 0.2) is 0 Å². The molecular weight excluding hydrogens is 182 g/mol. The zero-order valence-electron chi connectivity index (χ0n) is 8.66. The number of methoxy groups -OCH3 is 2. The van der Waals surface area contributed by atoms with E-state index in [0.717, 1.165) is 12.8 Å². The molecule has 1 aliphatic carbocycles. The van der Waals surface area contributed by atoms with Gasteiger partial charge < -0.3 is 14.8 Å². The fourth-order valence-electron chi connectivity index (χ4n) is 1.71. The molecule has 0 saturated heterocycles. The third-order valence-corrected chi connectivity index (χ3v) is 2.49. The fourth-order valence-corrected chi connectivity index (χ4v) is 1.71. The second-order valence-corrected chi connectivity index (χ2v) is 3.33. The smallest absolute Gasteiger partial charge is 0.331 e. The summed E-state index contributed by atoms with van der Waals surface area (Å²) in [5.41, 5.74) is 0. The molecule has 0 aromatic carbocycles. The Balaban J connectivity index is 2.30. The Kier molecular flexibility index (Phi) is 4.46. The lowest BCUT2D eigenvalue weighted by atomic mass is 10.2. The molecular formula is C10H17NO3. The Labute approximate surface area is 84.3 Å². The van der Waals surface area contributed by atoms with Gasteiger partial charge in [-0.3, -0.25) is 0 Å². The first-order valence-corrected chi connectivity index (χ1v) is 4.81. The van der Waals surface area contributed by atoms with E-state index in [1.807, 2.05) is 0 Å². The van der Waals surface area contributed by atoms with Crippen LogP contribution < -0.4 is 5.32 Å². The van der Waals surface area contributed by atoms with Crippen molar-refractivity contribution in [2.75, 3.05) is 14.2 Å². The highest BCUT2D eigenvalue weighted by Crippen LogP contribution is 2.21. The molecule has 1 rings (SSSR count). The summed E-state index contributed by atoms with van der Waals surface area (Å²) < 4.78 is 9.77. The van der Waals surface area contributed by atoms with Crippen molar-refractivity contribution in [2.24, 2.45) is 0 Å². The van der Waals surface area contributed by atoms with Crippen molar-refractivity contribution in [1.29, 1.82) is 0 Å². The maximum absolute atomic E-state index is 10.8. The van der Waals surface area contributed by atoms with Gasteiger partial charge >= 0.3 is 5.97 Å². The summed E-state index contributed by atoms with van der Waals surface area (Å²) in [6.07, 6.45) is 6.61. The molecule has 2 unspecified atom stereocenters. The monoisotopic (exact) mass is 199 g/mol. The molecule has 1 aliphatic rings. The van der Waals surface area contributed by atoms with Crippen molar-refractivity contribution in [3.8, 4) is 0 Å². The number of hydrogen-bond donors (Lipinski definition) is 1. The Morgan fingerprint density at radius 3 is 2.86 bits per heavy atom. The molecule has 0 spiro atoms. The van der Waals surface area contributed by atoms with Gasteiger partial charge in [-0.2, -0.15) is 0 Å². The maximum atomic E-state index is 10.8. The predicted octanol–water partition coefficient (Wildman–Crippen LogP) is 0.830. The quantitative estimate of drug-likeness (QED) is 0.538. The predicted molar refractivity (Wildman–Crippen MR) is 52.7 cm³/mol. The number of esters is 1. The summed E-state index contributed by atoms with van der Waals surface area (Å²) in [7, 11) is 3.08. The first-order valence-electron chi connectivity index (χ1n) is 4.81. The van der Waals surface area contributed by atoms with Crippen LogP contribution in [0.1, 0.15) is 19.3 Å². The van der Waals surface area contributed by atoms with Crippen LogP contribution in [0.4, 0.5) is 0 Å². The van der Waals surface area contributed by atoms with Gasteiger partial charge in [-0.15, -0.1) is 0 Å². The number of nitrogens with one attached hydrogen (secondary N) is 1. The molecule has 0 amide bonds. The first kappa shape index (κ1) is 11.0. The van der Waals surface area contributed by atoms with Gasteiger partial charge in [-0.05, 0) is 19.3 Å². The van der Waals surface area contributed by atoms with Crippen LogP contribution in [0, 0.1) is 0 Å². The molecule has 0 aliphatic heterocycles. The van der Waals surface area contributed by atoms with Crippen LogP contribution in [0.2, 0.25) is 0 Å². The number of carbonyl (C=O) groups is 1. The number of carbonyl (C=O) groups excluding carboxylic acids is 1. The van der Waals surface area contributed by atoms with Crippen LogP contribution in [-0.4, -0.2) is 32.3 Å². The molecule has 0 aromatic rings. The third kappa shape index (κ3) is 3.03. The SMILES string of the molecule is COC(=O)/C=C/NC1CCCC1OC. The van der Waals surface area contributed by atoms with E-state index in [9.17, 15) is 4.79 Å². The van der Waals surface area contributed by atoms with Gasteiger partial charge in [0.1, 0.15) is 0 Å². The Morgan fingerprint density at radius 2 is 2.21 bits per heavy atom. The lowest BCUT2D eigenvalue weighted by molar-refractivity contribution is -0.134. The molecule has 80 valence electrons. The Bertz CT molecular complexity index is 215. The van der Waals surface area contributed by atoms with Crippen LogP contribution in [-0.2, 0) is 14.3 Å². The van der Waals surface area contributed by atoms with Gasteiger partial charge in [0.2, 0.25) is 0 Å². The van der Waals surface area contributed by atoms with E-state index in [1.165, 1.54) is 19.6 Å². The highest BCUT2D eigenvalue weighted by molar-refractivity contribution is 5.81. The van der Waals surface area contributed by atoms with Crippen LogP contribution in [0.25, 0.3) is 0 Å². The first-order chi connectivity index (χ1) is 6.77. The van der Waals surface area contributed by atoms with E-state index >= 15 is 0 Å². The average molecular weight is 199 g/mol. The van der Waals surface area contributed by atoms with Crippen LogP contribution in [0.5, 0.6) is 0 Å². The molecule has 1 saturated carbocycles. The summed E-state index contributed by atoms with van der Waals surface area (Å²) in [6.45, 7) is 0. The van der Waals surface area contributed by atoms with E-state index in [2.05, 4.69) is 10.1 Å². The van der Waals surface area contributed by atoms with Crippen LogP contribution in [0.15, 0.2) is 12.3 Å². The van der Waals surface area contributed by atoms with E-state index in [1.54, 1.807) is 13.3 Å². The highest BCUT2D eigenvalue weighted by atomic mass is 16.5. The molecule has 0 bridgehead atoms. The molecule has 4 nitrogen and oxygen atoms in total. The van der Waals surface area contributed by atoms with Crippen molar-refractivity contribution in [2.45, 2.75) is 31.4 Å². The van der Waals surface area contributed by atoms with Gasteiger partial charge in [-0.1, -0.05) is 0 Å². The Morgan fingerprint density at radius 1 is 1.43 bits per heavy atom. The minimum absolute atomic E-state index is 0.261. The van der Waals surface area contributed by atoms with Crippen molar-refractivity contribution in [1.82, 2.24) is 5.32 Å². The van der Waals surface area contributed by atoms with Gasteiger partial charge in [0.25, 0.3) is 0 Å². The minimum atomic E-state index is -0.343. The lowest BCUT2D eigenvalue weighted by Gasteiger charge is -2.17. The molecule has 2 atom stereocenters. The lowest BCUT2D eigenvalue weighted by Crippen LogP contribution is -2.33. The zero-order valence-corrected chi connectivity index (χ0v) is 8.66. The Hall–Kier alpha value is -1.03. The second-order valence-electron chi connectivity index (χ2n) is 3.33. The fraction of sp³-hybridized carbons (Fsp3) is 0.700. The van der Waals surface area contributed by atoms with E-state index in [-0.39, 0.29) is 12.1 Å². The minimum Gasteiger partial charge on any atom is -0.466 e. The third-order valence-electron chi connectivity index (χ3n) is 2.49. The molecule has 1 fully saturated rings. The largest absolute Gasteiger partial charge is 0.466 e. The summed E-state index contributed by atoms with van der Waals surface area (Å²) >= 11 is 0. The topological polar surface area (TPSA) is 47.6 Å². The van der Waals surface area contributed by atoms with E-state index < -0.39 is 0 Å². The summed E-state index contributed by atoms with van der Waals surface area (Å²) in [4.78, 5) is 10.8. The van der Waals surface area contributed by atoms with Crippen molar-refractivity contribution >= 4 is 5.97 Å². The molecule has 14 heavy (non-hydrogen) atoms. The van der Waals surface area contributed by atoms with Crippen LogP contribution in [0.3, 0.4) is 0 Å². The molecule has 0 aromatic heterocycles. The summed E-state index contributed by atoms with van der Waals surface area (Å²) in [5, 5.41) is 3.14. The molecule has 0 heterocycles. The summed E-state index contributed by atoms with van der Waals surface area (Å²) in [5.74, 6) is -0.343. The molecule has 4 heteroatoms. The van der Waals surface area contributed by atoms with E-state index in [4.69, 9.17) is 4.74 Å².